The second-order valence-electron chi connectivity index (χ2n) is 4.41. The van der Waals surface area contributed by atoms with E-state index in [-0.39, 0.29) is 5.92 Å². The number of carbonyl (C=O) groups is 1. The molecule has 0 heterocycles. The molecule has 2 N–H and O–H groups in total. The standard InChI is InChI=1S/C10H18N2O2/c1-7(6-11)5-8(12)9(13)14-10(2,3)4/h7-8H,5,12H2,1-4H3/t7-,8+/m1/s1. The molecule has 0 aliphatic carbocycles. The van der Waals surface area contributed by atoms with Gasteiger partial charge in [-0.1, -0.05) is 0 Å². The number of hydrogen-bond acceptors (Lipinski definition) is 4. The van der Waals surface area contributed by atoms with Gasteiger partial charge in [-0.25, -0.2) is 0 Å². The summed E-state index contributed by atoms with van der Waals surface area (Å²) < 4.78 is 5.07. The minimum atomic E-state index is -0.705. The molecule has 0 saturated heterocycles. The monoisotopic (exact) mass is 198 g/mol. The maximum absolute atomic E-state index is 11.4. The SMILES string of the molecule is C[C@@H](C#N)C[C@H](N)C(=O)OC(C)(C)C. The molecular weight excluding hydrogens is 180 g/mol. The van der Waals surface area contributed by atoms with Crippen molar-refractivity contribution < 1.29 is 9.53 Å². The van der Waals surface area contributed by atoms with E-state index in [1.807, 2.05) is 6.07 Å². The zero-order valence-corrected chi connectivity index (χ0v) is 9.20. The van der Waals surface area contributed by atoms with Crippen LogP contribution in [-0.2, 0) is 9.53 Å². The van der Waals surface area contributed by atoms with Crippen LogP contribution >= 0.6 is 0 Å². The predicted molar refractivity (Wildman–Crippen MR) is 53.2 cm³/mol. The van der Waals surface area contributed by atoms with Gasteiger partial charge < -0.3 is 10.5 Å². The van der Waals surface area contributed by atoms with Gasteiger partial charge in [-0.2, -0.15) is 5.26 Å². The Morgan fingerprint density at radius 1 is 1.57 bits per heavy atom. The Morgan fingerprint density at radius 3 is 2.43 bits per heavy atom. The van der Waals surface area contributed by atoms with E-state index < -0.39 is 17.6 Å². The second kappa shape index (κ2) is 4.97. The molecule has 0 fully saturated rings. The van der Waals surface area contributed by atoms with Gasteiger partial charge in [0.25, 0.3) is 0 Å². The van der Waals surface area contributed by atoms with Crippen LogP contribution in [0.15, 0.2) is 0 Å². The van der Waals surface area contributed by atoms with Gasteiger partial charge in [-0.3, -0.25) is 4.79 Å². The van der Waals surface area contributed by atoms with Gasteiger partial charge in [0.05, 0.1) is 6.07 Å². The topological polar surface area (TPSA) is 76.1 Å². The quantitative estimate of drug-likeness (QED) is 0.691. The van der Waals surface area contributed by atoms with E-state index in [9.17, 15) is 4.79 Å². The molecule has 0 aromatic rings. The van der Waals surface area contributed by atoms with Crippen molar-refractivity contribution in [3.63, 3.8) is 0 Å². The number of nitriles is 1. The van der Waals surface area contributed by atoms with Crippen LogP contribution < -0.4 is 5.73 Å². The van der Waals surface area contributed by atoms with Gasteiger partial charge in [-0.15, -0.1) is 0 Å². The first-order valence-corrected chi connectivity index (χ1v) is 4.64. The molecule has 0 radical (unpaired) electrons. The van der Waals surface area contributed by atoms with E-state index >= 15 is 0 Å². The van der Waals surface area contributed by atoms with Crippen molar-refractivity contribution in [3.8, 4) is 6.07 Å². The highest BCUT2D eigenvalue weighted by atomic mass is 16.6. The summed E-state index contributed by atoms with van der Waals surface area (Å²) in [6.45, 7) is 7.08. The lowest BCUT2D eigenvalue weighted by atomic mass is 10.0. The highest BCUT2D eigenvalue weighted by Crippen LogP contribution is 2.11. The minimum absolute atomic E-state index is 0.225. The molecule has 0 aromatic heterocycles. The molecule has 0 aliphatic heterocycles. The molecule has 4 heteroatoms. The van der Waals surface area contributed by atoms with Gasteiger partial charge in [0, 0.05) is 5.92 Å². The summed E-state index contributed by atoms with van der Waals surface area (Å²) >= 11 is 0. The smallest absolute Gasteiger partial charge is 0.323 e. The molecule has 0 rings (SSSR count). The van der Waals surface area contributed by atoms with E-state index in [1.54, 1.807) is 27.7 Å². The number of rotatable bonds is 3. The molecule has 80 valence electrons. The van der Waals surface area contributed by atoms with Crippen LogP contribution in [0.25, 0.3) is 0 Å². The van der Waals surface area contributed by atoms with Crippen molar-refractivity contribution >= 4 is 5.97 Å². The van der Waals surface area contributed by atoms with Crippen molar-refractivity contribution in [1.29, 1.82) is 5.26 Å². The maximum atomic E-state index is 11.4. The maximum Gasteiger partial charge on any atom is 0.323 e. The summed E-state index contributed by atoms with van der Waals surface area (Å²) in [5.41, 5.74) is 5.05. The van der Waals surface area contributed by atoms with E-state index in [0.29, 0.717) is 6.42 Å². The predicted octanol–water partition coefficient (Wildman–Crippen LogP) is 1.21. The van der Waals surface area contributed by atoms with Crippen molar-refractivity contribution in [2.45, 2.75) is 45.8 Å². The van der Waals surface area contributed by atoms with Crippen LogP contribution in [-0.4, -0.2) is 17.6 Å². The first-order valence-electron chi connectivity index (χ1n) is 4.64. The molecule has 0 unspecified atom stereocenters. The van der Waals surface area contributed by atoms with Crippen LogP contribution in [0.1, 0.15) is 34.1 Å². The highest BCUT2D eigenvalue weighted by molar-refractivity contribution is 5.75. The Kier molecular flexibility index (Phi) is 4.58. The number of carbonyl (C=O) groups excluding carboxylic acids is 1. The van der Waals surface area contributed by atoms with E-state index in [0.717, 1.165) is 0 Å². The number of hydrogen-bond donors (Lipinski definition) is 1. The zero-order chi connectivity index (χ0) is 11.4. The van der Waals surface area contributed by atoms with Crippen molar-refractivity contribution in [2.24, 2.45) is 11.7 Å². The van der Waals surface area contributed by atoms with Gasteiger partial charge >= 0.3 is 5.97 Å². The Bertz CT molecular complexity index is 237. The van der Waals surface area contributed by atoms with Crippen molar-refractivity contribution in [2.75, 3.05) is 0 Å². The Labute approximate surface area is 85.0 Å². The number of nitrogens with two attached hydrogens (primary N) is 1. The van der Waals surface area contributed by atoms with Gasteiger partial charge in [-0.05, 0) is 34.1 Å². The van der Waals surface area contributed by atoms with Gasteiger partial charge in [0.2, 0.25) is 0 Å². The van der Waals surface area contributed by atoms with E-state index in [1.165, 1.54) is 0 Å². The molecule has 0 aliphatic rings. The third kappa shape index (κ3) is 5.55. The molecule has 4 nitrogen and oxygen atoms in total. The van der Waals surface area contributed by atoms with Crippen LogP contribution in [0.2, 0.25) is 0 Å². The first-order chi connectivity index (χ1) is 6.26. The third-order valence-corrected chi connectivity index (χ3v) is 1.54. The number of esters is 1. The number of nitrogens with zero attached hydrogens (tertiary/aromatic N) is 1. The average Bonchev–Trinajstić information content (AvgIpc) is 2.00. The largest absolute Gasteiger partial charge is 0.459 e. The lowest BCUT2D eigenvalue weighted by Gasteiger charge is -2.22. The Hall–Kier alpha value is -1.08. The van der Waals surface area contributed by atoms with E-state index in [2.05, 4.69) is 0 Å². The van der Waals surface area contributed by atoms with Crippen molar-refractivity contribution in [1.82, 2.24) is 0 Å². The average molecular weight is 198 g/mol. The first kappa shape index (κ1) is 12.9. The molecule has 0 spiro atoms. The lowest BCUT2D eigenvalue weighted by molar-refractivity contribution is -0.156. The van der Waals surface area contributed by atoms with Gasteiger partial charge in [0.1, 0.15) is 11.6 Å². The minimum Gasteiger partial charge on any atom is -0.459 e. The molecule has 0 saturated carbocycles. The fourth-order valence-electron chi connectivity index (χ4n) is 0.907. The van der Waals surface area contributed by atoms with Crippen LogP contribution in [0, 0.1) is 17.2 Å². The fraction of sp³-hybridized carbons (Fsp3) is 0.800. The zero-order valence-electron chi connectivity index (χ0n) is 9.20. The molecule has 2 atom stereocenters. The molecular formula is C10H18N2O2. The normalized spacial score (nSPS) is 15.4. The van der Waals surface area contributed by atoms with Crippen LogP contribution in [0.4, 0.5) is 0 Å². The summed E-state index contributed by atoms with van der Waals surface area (Å²) in [4.78, 5) is 11.4. The molecule has 0 aromatic carbocycles. The summed E-state index contributed by atoms with van der Waals surface area (Å²) in [6.07, 6.45) is 0.339. The highest BCUT2D eigenvalue weighted by Gasteiger charge is 2.23. The summed E-state index contributed by atoms with van der Waals surface area (Å²) in [7, 11) is 0. The van der Waals surface area contributed by atoms with Gasteiger partial charge in [0.15, 0.2) is 0 Å². The third-order valence-electron chi connectivity index (χ3n) is 1.54. The summed E-state index contributed by atoms with van der Waals surface area (Å²) in [6, 6.07) is 1.32. The van der Waals surface area contributed by atoms with Crippen LogP contribution in [0.5, 0.6) is 0 Å². The lowest BCUT2D eigenvalue weighted by Crippen LogP contribution is -2.38. The van der Waals surface area contributed by atoms with Crippen LogP contribution in [0.3, 0.4) is 0 Å². The van der Waals surface area contributed by atoms with Crippen molar-refractivity contribution in [3.05, 3.63) is 0 Å². The Balaban J connectivity index is 4.08. The second-order valence-corrected chi connectivity index (χ2v) is 4.41. The molecule has 14 heavy (non-hydrogen) atoms. The fourth-order valence-corrected chi connectivity index (χ4v) is 0.907. The molecule has 0 amide bonds. The molecule has 0 bridgehead atoms. The summed E-state index contributed by atoms with van der Waals surface area (Å²) in [5, 5.41) is 8.54. The van der Waals surface area contributed by atoms with E-state index in [4.69, 9.17) is 15.7 Å². The Morgan fingerprint density at radius 2 is 2.07 bits per heavy atom. The summed E-state index contributed by atoms with van der Waals surface area (Å²) in [5.74, 6) is -0.669. The number of ether oxygens (including phenoxy) is 1.